The van der Waals surface area contributed by atoms with E-state index in [4.69, 9.17) is 17.0 Å². The van der Waals surface area contributed by atoms with Crippen molar-refractivity contribution in [3.63, 3.8) is 0 Å². The van der Waals surface area contributed by atoms with Gasteiger partial charge in [-0.3, -0.25) is 0 Å². The minimum atomic E-state index is -0.802. The van der Waals surface area contributed by atoms with Crippen molar-refractivity contribution >= 4 is 29.8 Å². The van der Waals surface area contributed by atoms with Crippen molar-refractivity contribution in [2.45, 2.75) is 30.9 Å². The molecule has 28 heavy (non-hydrogen) atoms. The van der Waals surface area contributed by atoms with Crippen molar-refractivity contribution in [2.24, 2.45) is 0 Å². The minimum absolute atomic E-state index is 0.0755. The summed E-state index contributed by atoms with van der Waals surface area (Å²) in [4.78, 5) is 0.675. The average Bonchev–Trinajstić information content (AvgIpc) is 2.72. The van der Waals surface area contributed by atoms with Gasteiger partial charge in [-0.15, -0.1) is 0 Å². The lowest BCUT2D eigenvalue weighted by atomic mass is 9.80. The van der Waals surface area contributed by atoms with Crippen LogP contribution in [0, 0.1) is 0 Å². The van der Waals surface area contributed by atoms with Gasteiger partial charge in [0.2, 0.25) is 0 Å². The first kappa shape index (κ1) is 20.6. The maximum absolute atomic E-state index is 6.89. The lowest BCUT2D eigenvalue weighted by molar-refractivity contribution is -0.0527. The number of thiocarbonyl (C=S) groups is 1. The summed E-state index contributed by atoms with van der Waals surface area (Å²) in [5.41, 5.74) is 2.35. The molecule has 2 nitrogen and oxygen atoms in total. The summed E-state index contributed by atoms with van der Waals surface area (Å²) in [6.45, 7) is 3.86. The molecule has 2 atom stereocenters. The summed E-state index contributed by atoms with van der Waals surface area (Å²) < 4.78 is 6.89. The largest absolute Gasteiger partial charge is 0.354 e. The molecule has 0 saturated heterocycles. The molecule has 0 spiro atoms. The van der Waals surface area contributed by atoms with Crippen LogP contribution < -0.4 is 5.32 Å². The summed E-state index contributed by atoms with van der Waals surface area (Å²) in [6.07, 6.45) is -0.374. The van der Waals surface area contributed by atoms with Gasteiger partial charge in [-0.1, -0.05) is 103 Å². The molecule has 0 fully saturated rings. The van der Waals surface area contributed by atoms with Gasteiger partial charge in [-0.25, -0.2) is 0 Å². The van der Waals surface area contributed by atoms with Crippen molar-refractivity contribution in [2.75, 3.05) is 0 Å². The summed E-state index contributed by atoms with van der Waals surface area (Å²) in [6, 6.07) is 30.9. The van der Waals surface area contributed by atoms with Gasteiger partial charge < -0.3 is 10.1 Å². The molecule has 0 aliphatic rings. The zero-order chi connectivity index (χ0) is 20.0. The van der Waals surface area contributed by atoms with E-state index in [2.05, 4.69) is 54.3 Å². The third-order valence-corrected chi connectivity index (χ3v) is 5.02. The number of benzene rings is 3. The van der Waals surface area contributed by atoms with E-state index in [1.807, 2.05) is 68.4 Å². The van der Waals surface area contributed by atoms with Crippen LogP contribution in [0.4, 0.5) is 0 Å². The monoisotopic (exact) mass is 407 g/mol. The maximum Gasteiger partial charge on any atom is 0.146 e. The van der Waals surface area contributed by atoms with Crippen LogP contribution in [-0.4, -0.2) is 16.5 Å². The fourth-order valence-corrected chi connectivity index (χ4v) is 3.61. The van der Waals surface area contributed by atoms with Crippen LogP contribution in [0.2, 0.25) is 0 Å². The van der Waals surface area contributed by atoms with E-state index in [1.54, 1.807) is 0 Å². The van der Waals surface area contributed by atoms with E-state index in [-0.39, 0.29) is 11.5 Å². The SMILES string of the molecule is CC(=S)NC(OC(c1ccccc1)(c1ccccc1)c1ccccc1)C(C)S. The minimum Gasteiger partial charge on any atom is -0.354 e. The van der Waals surface area contributed by atoms with Gasteiger partial charge in [-0.05, 0) is 30.5 Å². The van der Waals surface area contributed by atoms with E-state index in [0.29, 0.717) is 4.99 Å². The first-order chi connectivity index (χ1) is 13.5. The number of hydrogen-bond donors (Lipinski definition) is 2. The molecular formula is C24H25NOS2. The van der Waals surface area contributed by atoms with Crippen molar-refractivity contribution in [3.8, 4) is 0 Å². The number of thiol groups is 1. The van der Waals surface area contributed by atoms with Crippen LogP contribution in [0.5, 0.6) is 0 Å². The quantitative estimate of drug-likeness (QED) is 0.231. The van der Waals surface area contributed by atoms with Crippen LogP contribution in [-0.2, 0) is 10.3 Å². The summed E-state index contributed by atoms with van der Waals surface area (Å²) in [5, 5.41) is 3.20. The summed E-state index contributed by atoms with van der Waals surface area (Å²) in [7, 11) is 0. The normalized spacial score (nSPS) is 13.5. The van der Waals surface area contributed by atoms with E-state index < -0.39 is 5.60 Å². The zero-order valence-corrected chi connectivity index (χ0v) is 17.8. The molecule has 3 aromatic rings. The summed E-state index contributed by atoms with van der Waals surface area (Å²) >= 11 is 9.97. The van der Waals surface area contributed by atoms with Gasteiger partial charge in [0.25, 0.3) is 0 Å². The van der Waals surface area contributed by atoms with E-state index in [1.165, 1.54) is 0 Å². The summed E-state index contributed by atoms with van der Waals surface area (Å²) in [5.74, 6) is 0. The molecule has 4 heteroatoms. The van der Waals surface area contributed by atoms with E-state index >= 15 is 0 Å². The third kappa shape index (κ3) is 4.46. The van der Waals surface area contributed by atoms with Gasteiger partial charge in [0.1, 0.15) is 11.8 Å². The molecule has 0 aliphatic heterocycles. The third-order valence-electron chi connectivity index (χ3n) is 4.63. The predicted molar refractivity (Wildman–Crippen MR) is 124 cm³/mol. The van der Waals surface area contributed by atoms with Gasteiger partial charge >= 0.3 is 0 Å². The number of rotatable bonds is 7. The molecular weight excluding hydrogens is 382 g/mol. The van der Waals surface area contributed by atoms with Crippen LogP contribution in [0.1, 0.15) is 30.5 Å². The highest BCUT2D eigenvalue weighted by atomic mass is 32.1. The number of nitrogens with one attached hydrogen (secondary N) is 1. The Morgan fingerprint density at radius 1 is 0.821 bits per heavy atom. The Bertz CT molecular complexity index is 786. The van der Waals surface area contributed by atoms with Gasteiger partial charge in [-0.2, -0.15) is 12.6 Å². The lowest BCUT2D eigenvalue weighted by Gasteiger charge is -2.40. The Morgan fingerprint density at radius 2 is 1.18 bits per heavy atom. The molecule has 0 aromatic heterocycles. The molecule has 0 aliphatic carbocycles. The highest BCUT2D eigenvalue weighted by molar-refractivity contribution is 7.81. The smallest absolute Gasteiger partial charge is 0.146 e. The molecule has 0 bridgehead atoms. The number of hydrogen-bond acceptors (Lipinski definition) is 3. The molecule has 144 valence electrons. The van der Waals surface area contributed by atoms with Crippen LogP contribution in [0.25, 0.3) is 0 Å². The van der Waals surface area contributed by atoms with Crippen LogP contribution in [0.15, 0.2) is 91.0 Å². The molecule has 1 N–H and O–H groups in total. The van der Waals surface area contributed by atoms with E-state index in [0.717, 1.165) is 16.7 Å². The Balaban J connectivity index is 2.26. The van der Waals surface area contributed by atoms with Crippen molar-refractivity contribution in [1.29, 1.82) is 0 Å². The van der Waals surface area contributed by atoms with Gasteiger partial charge in [0.15, 0.2) is 0 Å². The zero-order valence-electron chi connectivity index (χ0n) is 16.1. The molecule has 0 amide bonds. The molecule has 3 rings (SSSR count). The van der Waals surface area contributed by atoms with Crippen LogP contribution >= 0.6 is 24.8 Å². The second kappa shape index (κ2) is 9.37. The molecule has 0 saturated carbocycles. The first-order valence-electron chi connectivity index (χ1n) is 9.33. The van der Waals surface area contributed by atoms with E-state index in [9.17, 15) is 0 Å². The molecule has 3 aromatic carbocycles. The van der Waals surface area contributed by atoms with Gasteiger partial charge in [0, 0.05) is 5.25 Å². The Morgan fingerprint density at radius 3 is 1.46 bits per heavy atom. The maximum atomic E-state index is 6.89. The number of ether oxygens (including phenoxy) is 1. The first-order valence-corrected chi connectivity index (χ1v) is 10.3. The standard InChI is InChI=1S/C24H25NOS2/c1-18(27)23(25-19(2)28)26-24(20-12-6-3-7-13-20,21-14-8-4-9-15-21)22-16-10-5-11-17-22/h3-18,23,27H,1-2H3,(H,25,28). The highest BCUT2D eigenvalue weighted by Crippen LogP contribution is 2.41. The Hall–Kier alpha value is -2.14. The van der Waals surface area contributed by atoms with Gasteiger partial charge in [0.05, 0.1) is 4.99 Å². The lowest BCUT2D eigenvalue weighted by Crippen LogP contribution is -2.47. The Kier molecular flexibility index (Phi) is 6.89. The molecule has 2 unspecified atom stereocenters. The van der Waals surface area contributed by atoms with Crippen molar-refractivity contribution < 1.29 is 4.74 Å². The topological polar surface area (TPSA) is 21.3 Å². The molecule has 0 heterocycles. The van der Waals surface area contributed by atoms with Crippen molar-refractivity contribution in [3.05, 3.63) is 108 Å². The molecule has 0 radical (unpaired) electrons. The Labute approximate surface area is 178 Å². The van der Waals surface area contributed by atoms with Crippen LogP contribution in [0.3, 0.4) is 0 Å². The fourth-order valence-electron chi connectivity index (χ4n) is 3.36. The van der Waals surface area contributed by atoms with Crippen molar-refractivity contribution in [1.82, 2.24) is 5.32 Å². The fraction of sp³-hybridized carbons (Fsp3) is 0.208. The second-order valence-corrected chi connectivity index (χ2v) is 8.19. The second-order valence-electron chi connectivity index (χ2n) is 6.76. The average molecular weight is 408 g/mol. The predicted octanol–water partition coefficient (Wildman–Crippen LogP) is 5.58. The highest BCUT2D eigenvalue weighted by Gasteiger charge is 2.40.